The normalized spacial score (nSPS) is 23.2. The number of piperazine rings is 1. The molecule has 126 valence electrons. The van der Waals surface area contributed by atoms with E-state index in [0.29, 0.717) is 18.6 Å². The Labute approximate surface area is 140 Å². The van der Waals surface area contributed by atoms with Gasteiger partial charge in [0.1, 0.15) is 11.6 Å². The molecule has 2 unspecified atom stereocenters. The molecule has 3 fully saturated rings. The molecule has 4 heterocycles. The van der Waals surface area contributed by atoms with Gasteiger partial charge in [-0.2, -0.15) is 0 Å². The van der Waals surface area contributed by atoms with Crippen LogP contribution in [0.25, 0.3) is 0 Å². The first-order valence-corrected chi connectivity index (χ1v) is 8.26. The minimum absolute atomic E-state index is 0.437. The fraction of sp³-hybridized carbons (Fsp3) is 0.444. The lowest BCUT2D eigenvalue weighted by Gasteiger charge is -2.56. The smallest absolute Gasteiger partial charge is 0.159 e. The Kier molecular flexibility index (Phi) is 3.72. The molecule has 4 nitrogen and oxygen atoms in total. The van der Waals surface area contributed by atoms with Crippen LogP contribution < -0.4 is 4.90 Å². The van der Waals surface area contributed by atoms with Gasteiger partial charge in [-0.25, -0.2) is 18.7 Å². The first-order valence-electron chi connectivity index (χ1n) is 8.26. The van der Waals surface area contributed by atoms with E-state index in [1.807, 2.05) is 19.9 Å². The zero-order valence-electron chi connectivity index (χ0n) is 13.8. The Morgan fingerprint density at radius 2 is 1.79 bits per heavy atom. The molecule has 0 radical (unpaired) electrons. The number of nitrogens with zero attached hydrogens (tertiary/aromatic N) is 4. The molecule has 0 aliphatic carbocycles. The van der Waals surface area contributed by atoms with Crippen molar-refractivity contribution < 1.29 is 8.78 Å². The highest BCUT2D eigenvalue weighted by Crippen LogP contribution is 2.35. The second-order valence-electron chi connectivity index (χ2n) is 6.78. The summed E-state index contributed by atoms with van der Waals surface area (Å²) in [4.78, 5) is 13.6. The average molecular weight is 330 g/mol. The molecule has 2 aromatic rings. The third-order valence-corrected chi connectivity index (χ3v) is 4.97. The van der Waals surface area contributed by atoms with Crippen LogP contribution in [-0.2, 0) is 6.54 Å². The summed E-state index contributed by atoms with van der Waals surface area (Å²) >= 11 is 0. The standard InChI is InChI=1S/C18H20F2N4/c1-11-5-18(22-12(2)21-11)23-9-14-7-15(10-23)24(14)8-13-3-4-16(19)17(20)6-13/h3-6,14-15H,7-10H2,1-2H3. The van der Waals surface area contributed by atoms with Crippen molar-refractivity contribution in [2.45, 2.75) is 38.9 Å². The molecule has 0 N–H and O–H groups in total. The molecule has 0 spiro atoms. The Hall–Kier alpha value is -2.08. The van der Waals surface area contributed by atoms with Crippen LogP contribution in [0.1, 0.15) is 23.5 Å². The van der Waals surface area contributed by atoms with Crippen LogP contribution in [0.3, 0.4) is 0 Å². The van der Waals surface area contributed by atoms with E-state index in [-0.39, 0.29) is 0 Å². The predicted octanol–water partition coefficient (Wildman–Crippen LogP) is 2.83. The van der Waals surface area contributed by atoms with Crippen molar-refractivity contribution in [1.29, 1.82) is 0 Å². The van der Waals surface area contributed by atoms with Crippen molar-refractivity contribution in [2.75, 3.05) is 18.0 Å². The first kappa shape index (κ1) is 15.4. The SMILES string of the molecule is Cc1cc(N2CC3CC(C2)N3Cc2ccc(F)c(F)c2)nc(C)n1. The second kappa shape index (κ2) is 5.77. The fourth-order valence-corrected chi connectivity index (χ4v) is 3.84. The van der Waals surface area contributed by atoms with Crippen molar-refractivity contribution in [3.8, 4) is 0 Å². The van der Waals surface area contributed by atoms with Crippen molar-refractivity contribution in [2.24, 2.45) is 0 Å². The summed E-state index contributed by atoms with van der Waals surface area (Å²) in [6, 6.07) is 7.08. The second-order valence-corrected chi connectivity index (χ2v) is 6.78. The van der Waals surface area contributed by atoms with Gasteiger partial charge in [-0.3, -0.25) is 4.90 Å². The third-order valence-electron chi connectivity index (χ3n) is 4.97. The molecule has 1 aromatic heterocycles. The minimum atomic E-state index is -0.789. The summed E-state index contributed by atoms with van der Waals surface area (Å²) in [7, 11) is 0. The maximum Gasteiger partial charge on any atom is 0.159 e. The molecule has 0 saturated carbocycles. The van der Waals surface area contributed by atoms with Gasteiger partial charge in [0.2, 0.25) is 0 Å². The van der Waals surface area contributed by atoms with Crippen LogP contribution in [0, 0.1) is 25.5 Å². The van der Waals surface area contributed by atoms with Gasteiger partial charge in [0.05, 0.1) is 0 Å². The van der Waals surface area contributed by atoms with E-state index < -0.39 is 11.6 Å². The topological polar surface area (TPSA) is 32.3 Å². The molecule has 6 heteroatoms. The number of hydrogen-bond acceptors (Lipinski definition) is 4. The van der Waals surface area contributed by atoms with E-state index in [4.69, 9.17) is 0 Å². The van der Waals surface area contributed by atoms with E-state index in [1.54, 1.807) is 6.07 Å². The van der Waals surface area contributed by atoms with Crippen LogP contribution >= 0.6 is 0 Å². The maximum absolute atomic E-state index is 13.4. The van der Waals surface area contributed by atoms with Crippen molar-refractivity contribution in [3.63, 3.8) is 0 Å². The van der Waals surface area contributed by atoms with E-state index in [0.717, 1.165) is 42.4 Å². The Balaban J connectivity index is 1.45. The van der Waals surface area contributed by atoms with Gasteiger partial charge in [0.15, 0.2) is 11.6 Å². The monoisotopic (exact) mass is 330 g/mol. The highest BCUT2D eigenvalue weighted by Gasteiger charge is 2.44. The molecule has 5 rings (SSSR count). The maximum atomic E-state index is 13.4. The van der Waals surface area contributed by atoms with Crippen LogP contribution in [0.4, 0.5) is 14.6 Å². The summed E-state index contributed by atoms with van der Waals surface area (Å²) in [5.74, 6) is 0.222. The number of aryl methyl sites for hydroxylation is 2. The van der Waals surface area contributed by atoms with E-state index in [2.05, 4.69) is 19.8 Å². The quantitative estimate of drug-likeness (QED) is 0.866. The van der Waals surface area contributed by atoms with Gasteiger partial charge < -0.3 is 4.90 Å². The number of anilines is 1. The fourth-order valence-electron chi connectivity index (χ4n) is 3.84. The van der Waals surface area contributed by atoms with Gasteiger partial charge >= 0.3 is 0 Å². The number of benzene rings is 1. The molecule has 0 amide bonds. The Morgan fingerprint density at radius 1 is 1.04 bits per heavy atom. The highest BCUT2D eigenvalue weighted by atomic mass is 19.2. The van der Waals surface area contributed by atoms with Gasteiger partial charge in [0.25, 0.3) is 0 Å². The molecule has 3 aliphatic rings. The van der Waals surface area contributed by atoms with Gasteiger partial charge in [0, 0.05) is 43.5 Å². The number of hydrogen-bond donors (Lipinski definition) is 0. The molecule has 3 aliphatic heterocycles. The summed E-state index contributed by atoms with van der Waals surface area (Å²) in [5, 5.41) is 0. The minimum Gasteiger partial charge on any atom is -0.353 e. The zero-order valence-corrected chi connectivity index (χ0v) is 13.8. The van der Waals surface area contributed by atoms with Crippen LogP contribution in [0.15, 0.2) is 24.3 Å². The summed E-state index contributed by atoms with van der Waals surface area (Å²) in [6.45, 7) is 6.39. The van der Waals surface area contributed by atoms with E-state index >= 15 is 0 Å². The first-order chi connectivity index (χ1) is 11.5. The number of fused-ring (bicyclic) bond motifs is 2. The Morgan fingerprint density at radius 3 is 2.46 bits per heavy atom. The number of rotatable bonds is 3. The molecular formula is C18H20F2N4. The Bertz CT molecular complexity index is 747. The molecular weight excluding hydrogens is 310 g/mol. The lowest BCUT2D eigenvalue weighted by Crippen LogP contribution is -2.68. The molecule has 2 bridgehead atoms. The van der Waals surface area contributed by atoms with Gasteiger partial charge in [-0.15, -0.1) is 0 Å². The lowest BCUT2D eigenvalue weighted by atomic mass is 9.86. The molecule has 3 saturated heterocycles. The van der Waals surface area contributed by atoms with Crippen LogP contribution in [-0.4, -0.2) is 40.0 Å². The highest BCUT2D eigenvalue weighted by molar-refractivity contribution is 5.42. The lowest BCUT2D eigenvalue weighted by molar-refractivity contribution is -0.00878. The summed E-state index contributed by atoms with van der Waals surface area (Å²) in [6.07, 6.45) is 1.16. The van der Waals surface area contributed by atoms with E-state index in [9.17, 15) is 8.78 Å². The number of piperidine rings is 1. The summed E-state index contributed by atoms with van der Waals surface area (Å²) < 4.78 is 26.4. The predicted molar refractivity (Wildman–Crippen MR) is 87.8 cm³/mol. The molecule has 2 atom stereocenters. The summed E-state index contributed by atoms with van der Waals surface area (Å²) in [5.41, 5.74) is 1.81. The number of halogens is 2. The van der Waals surface area contributed by atoms with Crippen LogP contribution in [0.2, 0.25) is 0 Å². The van der Waals surface area contributed by atoms with E-state index in [1.165, 1.54) is 12.1 Å². The van der Waals surface area contributed by atoms with Gasteiger partial charge in [-0.1, -0.05) is 6.07 Å². The van der Waals surface area contributed by atoms with Crippen molar-refractivity contribution in [1.82, 2.24) is 14.9 Å². The van der Waals surface area contributed by atoms with Crippen molar-refractivity contribution in [3.05, 3.63) is 53.0 Å². The largest absolute Gasteiger partial charge is 0.353 e. The average Bonchev–Trinajstić information content (AvgIpc) is 2.55. The van der Waals surface area contributed by atoms with Crippen LogP contribution in [0.5, 0.6) is 0 Å². The molecule has 1 aromatic carbocycles. The molecule has 24 heavy (non-hydrogen) atoms. The van der Waals surface area contributed by atoms with Crippen molar-refractivity contribution >= 4 is 5.82 Å². The van der Waals surface area contributed by atoms with Gasteiger partial charge in [-0.05, 0) is 38.0 Å². The number of aromatic nitrogens is 2. The zero-order chi connectivity index (χ0) is 16.8. The third kappa shape index (κ3) is 2.75.